The Balaban J connectivity index is 1.32. The number of amides is 2. The van der Waals surface area contributed by atoms with Crippen LogP contribution in [0.15, 0.2) is 30.6 Å². The molecule has 0 N–H and O–H groups in total. The monoisotopic (exact) mass is 549 g/mol. The molecule has 3 heterocycles. The number of hydrogen-bond donors (Lipinski definition) is 0. The number of nitrogens with zero attached hydrogens (tertiary/aromatic N) is 5. The summed E-state index contributed by atoms with van der Waals surface area (Å²) >= 11 is 0. The smallest absolute Gasteiger partial charge is 0.419 e. The summed E-state index contributed by atoms with van der Waals surface area (Å²) in [4.78, 5) is 32.0. The molecule has 2 aliphatic rings. The van der Waals surface area contributed by atoms with Crippen molar-refractivity contribution < 1.29 is 19.1 Å². The number of carbonyl (C=O) groups excluding carboxylic acids is 2. The van der Waals surface area contributed by atoms with Gasteiger partial charge in [0.2, 0.25) is 0 Å². The Hall–Kier alpha value is -3.36. The molecule has 5 rings (SSSR count). The highest BCUT2D eigenvalue weighted by molar-refractivity contribution is 5.88. The fraction of sp³-hybridized carbons (Fsp3) is 0.613. The van der Waals surface area contributed by atoms with Crippen molar-refractivity contribution in [3.05, 3.63) is 36.3 Å². The molecule has 216 valence electrons. The predicted molar refractivity (Wildman–Crippen MR) is 154 cm³/mol. The zero-order valence-corrected chi connectivity index (χ0v) is 25.1. The van der Waals surface area contributed by atoms with Crippen LogP contribution in [0, 0.1) is 5.92 Å². The Morgan fingerprint density at radius 3 is 2.17 bits per heavy atom. The molecule has 0 saturated heterocycles. The molecular formula is C31H43N5O4. The first-order chi connectivity index (χ1) is 18.7. The summed E-state index contributed by atoms with van der Waals surface area (Å²) in [6.07, 6.45) is 6.84. The van der Waals surface area contributed by atoms with E-state index in [0.717, 1.165) is 58.6 Å². The lowest BCUT2D eigenvalue weighted by Crippen LogP contribution is -2.47. The second-order valence-electron chi connectivity index (χ2n) is 13.7. The second kappa shape index (κ2) is 10.2. The molecule has 3 aromatic rings. The summed E-state index contributed by atoms with van der Waals surface area (Å²) in [5.74, 6) is 0.627. The van der Waals surface area contributed by atoms with Crippen LogP contribution in [0.25, 0.3) is 22.3 Å². The van der Waals surface area contributed by atoms with Crippen LogP contribution < -0.4 is 0 Å². The second-order valence-corrected chi connectivity index (χ2v) is 13.7. The number of aromatic nitrogens is 4. The van der Waals surface area contributed by atoms with Crippen molar-refractivity contribution in [2.75, 3.05) is 6.54 Å². The zero-order chi connectivity index (χ0) is 29.0. The third-order valence-corrected chi connectivity index (χ3v) is 7.37. The van der Waals surface area contributed by atoms with Crippen molar-refractivity contribution >= 4 is 23.2 Å². The highest BCUT2D eigenvalue weighted by atomic mass is 16.6. The Morgan fingerprint density at radius 2 is 1.62 bits per heavy atom. The molecule has 40 heavy (non-hydrogen) atoms. The summed E-state index contributed by atoms with van der Waals surface area (Å²) in [7, 11) is 0. The molecule has 0 spiro atoms. The van der Waals surface area contributed by atoms with Gasteiger partial charge in [0.1, 0.15) is 16.8 Å². The van der Waals surface area contributed by atoms with E-state index in [4.69, 9.17) is 19.6 Å². The van der Waals surface area contributed by atoms with Gasteiger partial charge in [0.05, 0.1) is 17.4 Å². The minimum atomic E-state index is -0.710. The standard InChI is InChI=1S/C31H43N5O4/c1-19(2)34-14-13-22-11-12-25(32-27(22)34)24-18-36(33-26(24)21-9-10-21)23-15-20(16-23)17-35(28(37)39-30(3,4)5)29(38)40-31(6,7)8/h11-14,18-21,23H,9-10,15-17H2,1-8H3/t20-,23-. The van der Waals surface area contributed by atoms with Crippen molar-refractivity contribution in [3.8, 4) is 11.3 Å². The lowest BCUT2D eigenvalue weighted by Gasteiger charge is -2.38. The van der Waals surface area contributed by atoms with Gasteiger partial charge in [0.15, 0.2) is 0 Å². The Kier molecular flexibility index (Phi) is 7.21. The van der Waals surface area contributed by atoms with Gasteiger partial charge in [-0.25, -0.2) is 19.5 Å². The molecule has 0 atom stereocenters. The summed E-state index contributed by atoms with van der Waals surface area (Å²) < 4.78 is 15.3. The van der Waals surface area contributed by atoms with Crippen LogP contribution in [-0.4, -0.2) is 54.2 Å². The summed E-state index contributed by atoms with van der Waals surface area (Å²) in [6.45, 7) is 15.3. The van der Waals surface area contributed by atoms with Gasteiger partial charge in [-0.05, 0) is 105 Å². The van der Waals surface area contributed by atoms with Gasteiger partial charge in [-0.1, -0.05) is 0 Å². The molecule has 9 heteroatoms. The number of rotatable bonds is 6. The number of fused-ring (bicyclic) bond motifs is 1. The van der Waals surface area contributed by atoms with Crippen LogP contribution in [0.4, 0.5) is 9.59 Å². The zero-order valence-electron chi connectivity index (χ0n) is 25.1. The van der Waals surface area contributed by atoms with Crippen molar-refractivity contribution in [1.29, 1.82) is 0 Å². The van der Waals surface area contributed by atoms with Gasteiger partial charge in [-0.3, -0.25) is 4.68 Å². The maximum atomic E-state index is 12.9. The van der Waals surface area contributed by atoms with Crippen molar-refractivity contribution in [1.82, 2.24) is 24.2 Å². The molecule has 3 aromatic heterocycles. The number of carbonyl (C=O) groups is 2. The molecule has 9 nitrogen and oxygen atoms in total. The number of pyridine rings is 1. The average molecular weight is 550 g/mol. The van der Waals surface area contributed by atoms with Crippen LogP contribution in [0.3, 0.4) is 0 Å². The third-order valence-electron chi connectivity index (χ3n) is 7.37. The van der Waals surface area contributed by atoms with E-state index in [2.05, 4.69) is 53.7 Å². The number of imide groups is 1. The summed E-state index contributed by atoms with van der Waals surface area (Å²) in [6, 6.07) is 6.90. The summed E-state index contributed by atoms with van der Waals surface area (Å²) in [5.41, 5.74) is 2.76. The van der Waals surface area contributed by atoms with E-state index in [1.807, 2.05) is 0 Å². The first kappa shape index (κ1) is 28.2. The number of hydrogen-bond acceptors (Lipinski definition) is 6. The molecule has 0 unspecified atom stereocenters. The maximum absolute atomic E-state index is 12.9. The van der Waals surface area contributed by atoms with E-state index >= 15 is 0 Å². The molecule has 2 fully saturated rings. The van der Waals surface area contributed by atoms with E-state index in [1.54, 1.807) is 41.5 Å². The van der Waals surface area contributed by atoms with Crippen LogP contribution in [-0.2, 0) is 9.47 Å². The molecule has 2 amide bonds. The van der Waals surface area contributed by atoms with Crippen molar-refractivity contribution in [2.45, 2.75) is 110 Å². The van der Waals surface area contributed by atoms with Crippen LogP contribution in [0.1, 0.15) is 105 Å². The van der Waals surface area contributed by atoms with Gasteiger partial charge in [-0.15, -0.1) is 0 Å². The van der Waals surface area contributed by atoms with E-state index in [-0.39, 0.29) is 18.5 Å². The van der Waals surface area contributed by atoms with E-state index < -0.39 is 23.4 Å². The predicted octanol–water partition coefficient (Wildman–Crippen LogP) is 7.48. The van der Waals surface area contributed by atoms with Gasteiger partial charge >= 0.3 is 12.2 Å². The summed E-state index contributed by atoms with van der Waals surface area (Å²) in [5, 5.41) is 6.19. The van der Waals surface area contributed by atoms with E-state index in [1.165, 1.54) is 0 Å². The normalized spacial score (nSPS) is 19.5. The van der Waals surface area contributed by atoms with E-state index in [0.29, 0.717) is 12.0 Å². The lowest BCUT2D eigenvalue weighted by atomic mass is 9.80. The van der Waals surface area contributed by atoms with E-state index in [9.17, 15) is 9.59 Å². The van der Waals surface area contributed by atoms with Gasteiger partial charge in [0.25, 0.3) is 0 Å². The first-order valence-electron chi connectivity index (χ1n) is 14.5. The first-order valence-corrected chi connectivity index (χ1v) is 14.5. The fourth-order valence-corrected chi connectivity index (χ4v) is 5.22. The molecule has 0 aliphatic heterocycles. The van der Waals surface area contributed by atoms with Gasteiger partial charge < -0.3 is 14.0 Å². The third kappa shape index (κ3) is 6.18. The molecule has 2 saturated carbocycles. The minimum Gasteiger partial charge on any atom is -0.443 e. The van der Waals surface area contributed by atoms with Crippen molar-refractivity contribution in [2.24, 2.45) is 5.92 Å². The van der Waals surface area contributed by atoms with Crippen LogP contribution in [0.2, 0.25) is 0 Å². The highest BCUT2D eigenvalue weighted by Crippen LogP contribution is 2.46. The van der Waals surface area contributed by atoms with Gasteiger partial charge in [-0.2, -0.15) is 5.10 Å². The quantitative estimate of drug-likeness (QED) is 0.316. The van der Waals surface area contributed by atoms with Gasteiger partial charge in [0, 0.05) is 41.8 Å². The maximum Gasteiger partial charge on any atom is 0.419 e. The highest BCUT2D eigenvalue weighted by Gasteiger charge is 2.39. The molecule has 0 aromatic carbocycles. The fourth-order valence-electron chi connectivity index (χ4n) is 5.22. The molecule has 0 radical (unpaired) electrons. The topological polar surface area (TPSA) is 91.5 Å². The Labute approximate surface area is 236 Å². The molecular weight excluding hydrogens is 506 g/mol. The van der Waals surface area contributed by atoms with Crippen molar-refractivity contribution in [3.63, 3.8) is 0 Å². The molecule has 0 bridgehead atoms. The Bertz CT molecular complexity index is 1370. The minimum absolute atomic E-state index is 0.144. The SMILES string of the molecule is CC(C)n1ccc2ccc(-c3cn([C@H]4C[C@H](CN(C(=O)OC(C)(C)C)C(=O)OC(C)(C)C)C4)nc3C3CC3)nc21. The molecule has 2 aliphatic carbocycles. The average Bonchev–Trinajstić information content (AvgIpc) is 3.40. The van der Waals surface area contributed by atoms with Crippen LogP contribution in [0.5, 0.6) is 0 Å². The van der Waals surface area contributed by atoms with Crippen LogP contribution >= 0.6 is 0 Å². The largest absolute Gasteiger partial charge is 0.443 e. The lowest BCUT2D eigenvalue weighted by molar-refractivity contribution is -0.00641. The Morgan fingerprint density at radius 1 is 1.00 bits per heavy atom. The number of ether oxygens (including phenoxy) is 2.